The summed E-state index contributed by atoms with van der Waals surface area (Å²) in [6.45, 7) is 2.16. The van der Waals surface area contributed by atoms with Gasteiger partial charge in [-0.3, -0.25) is 0 Å². The molecule has 1 heterocycles. The van der Waals surface area contributed by atoms with Crippen LogP contribution in [0.2, 0.25) is 0 Å². The van der Waals surface area contributed by atoms with Crippen molar-refractivity contribution in [2.45, 2.75) is 25.8 Å². The molecule has 0 aliphatic carbocycles. The highest BCUT2D eigenvalue weighted by Gasteiger charge is 2.12. The number of furan rings is 1. The molecule has 0 fully saturated rings. The Kier molecular flexibility index (Phi) is 3.99. The van der Waals surface area contributed by atoms with Crippen LogP contribution in [-0.2, 0) is 6.42 Å². The minimum atomic E-state index is 0.296. The van der Waals surface area contributed by atoms with E-state index in [-0.39, 0.29) is 0 Å². The number of aryl methyl sites for hydroxylation is 2. The third kappa shape index (κ3) is 2.98. The summed E-state index contributed by atoms with van der Waals surface area (Å²) in [4.78, 5) is 0. The van der Waals surface area contributed by atoms with E-state index < -0.39 is 0 Å². The second-order valence-electron chi connectivity index (χ2n) is 4.32. The number of benzene rings is 1. The summed E-state index contributed by atoms with van der Waals surface area (Å²) in [5, 5.41) is 3.30. The largest absolute Gasteiger partial charge is 0.468 e. The molecule has 1 aromatic heterocycles. The van der Waals surface area contributed by atoms with Gasteiger partial charge in [-0.1, -0.05) is 24.3 Å². The van der Waals surface area contributed by atoms with E-state index in [0.29, 0.717) is 6.04 Å². The molecule has 1 aromatic carbocycles. The monoisotopic (exact) mass is 229 g/mol. The first kappa shape index (κ1) is 11.9. The van der Waals surface area contributed by atoms with Gasteiger partial charge >= 0.3 is 0 Å². The molecule has 1 N–H and O–H groups in total. The van der Waals surface area contributed by atoms with Crippen molar-refractivity contribution >= 4 is 0 Å². The van der Waals surface area contributed by atoms with Crippen LogP contribution >= 0.6 is 0 Å². The van der Waals surface area contributed by atoms with Gasteiger partial charge in [0.05, 0.1) is 12.3 Å². The fourth-order valence-electron chi connectivity index (χ4n) is 2.11. The van der Waals surface area contributed by atoms with E-state index in [9.17, 15) is 0 Å². The summed E-state index contributed by atoms with van der Waals surface area (Å²) in [6, 6.07) is 12.8. The van der Waals surface area contributed by atoms with Crippen molar-refractivity contribution in [1.29, 1.82) is 0 Å². The Hall–Kier alpha value is -1.54. The summed E-state index contributed by atoms with van der Waals surface area (Å²) in [6.07, 6.45) is 3.85. The highest BCUT2D eigenvalue weighted by atomic mass is 16.3. The number of hydrogen-bond donors (Lipinski definition) is 1. The molecule has 2 heteroatoms. The Balaban J connectivity index is 2.00. The molecule has 2 rings (SSSR count). The van der Waals surface area contributed by atoms with Crippen LogP contribution in [0, 0.1) is 6.92 Å². The quantitative estimate of drug-likeness (QED) is 0.849. The van der Waals surface area contributed by atoms with Gasteiger partial charge in [0.1, 0.15) is 5.76 Å². The molecule has 90 valence electrons. The number of rotatable bonds is 5. The highest BCUT2D eigenvalue weighted by Crippen LogP contribution is 2.20. The van der Waals surface area contributed by atoms with Crippen molar-refractivity contribution in [2.75, 3.05) is 7.05 Å². The molecule has 0 aliphatic rings. The van der Waals surface area contributed by atoms with Crippen LogP contribution in [0.25, 0.3) is 0 Å². The molecular formula is C15H19NO. The minimum Gasteiger partial charge on any atom is -0.468 e. The zero-order valence-electron chi connectivity index (χ0n) is 10.4. The molecule has 2 aromatic rings. The van der Waals surface area contributed by atoms with Gasteiger partial charge in [-0.05, 0) is 50.1 Å². The summed E-state index contributed by atoms with van der Waals surface area (Å²) in [7, 11) is 1.98. The van der Waals surface area contributed by atoms with Gasteiger partial charge in [0, 0.05) is 0 Å². The van der Waals surface area contributed by atoms with Crippen molar-refractivity contribution in [1.82, 2.24) is 5.32 Å². The van der Waals surface area contributed by atoms with E-state index in [1.807, 2.05) is 19.2 Å². The fraction of sp³-hybridized carbons (Fsp3) is 0.333. The summed E-state index contributed by atoms with van der Waals surface area (Å²) in [5.74, 6) is 1.01. The minimum absolute atomic E-state index is 0.296. The molecule has 0 radical (unpaired) electrons. The predicted molar refractivity (Wildman–Crippen MR) is 70.0 cm³/mol. The number of nitrogens with one attached hydrogen (secondary N) is 1. The van der Waals surface area contributed by atoms with Crippen molar-refractivity contribution in [3.8, 4) is 0 Å². The molecule has 2 nitrogen and oxygen atoms in total. The van der Waals surface area contributed by atoms with E-state index in [1.54, 1.807) is 6.26 Å². The van der Waals surface area contributed by atoms with E-state index in [1.165, 1.54) is 11.1 Å². The van der Waals surface area contributed by atoms with Gasteiger partial charge < -0.3 is 9.73 Å². The van der Waals surface area contributed by atoms with Crippen LogP contribution in [0.1, 0.15) is 29.3 Å². The standard InChI is InChI=1S/C15H19NO/c1-12-6-3-4-7-13(12)9-10-14(16-2)15-8-5-11-17-15/h3-8,11,14,16H,9-10H2,1-2H3. The Morgan fingerprint density at radius 3 is 2.65 bits per heavy atom. The molecule has 0 spiro atoms. The first-order valence-electron chi connectivity index (χ1n) is 6.06. The predicted octanol–water partition coefficient (Wildman–Crippen LogP) is 3.48. The Labute approximate surface area is 103 Å². The van der Waals surface area contributed by atoms with Gasteiger partial charge in [-0.15, -0.1) is 0 Å². The Morgan fingerprint density at radius 2 is 2.00 bits per heavy atom. The summed E-state index contributed by atoms with van der Waals surface area (Å²) < 4.78 is 5.44. The fourth-order valence-corrected chi connectivity index (χ4v) is 2.11. The maximum absolute atomic E-state index is 5.44. The Morgan fingerprint density at radius 1 is 1.18 bits per heavy atom. The maximum Gasteiger partial charge on any atom is 0.120 e. The topological polar surface area (TPSA) is 25.2 Å². The van der Waals surface area contributed by atoms with Crippen LogP contribution in [0.4, 0.5) is 0 Å². The normalized spacial score (nSPS) is 12.6. The van der Waals surface area contributed by atoms with Gasteiger partial charge in [-0.2, -0.15) is 0 Å². The molecule has 0 amide bonds. The second-order valence-corrected chi connectivity index (χ2v) is 4.32. The molecular weight excluding hydrogens is 210 g/mol. The van der Waals surface area contributed by atoms with E-state index in [0.717, 1.165) is 18.6 Å². The number of hydrogen-bond acceptors (Lipinski definition) is 2. The van der Waals surface area contributed by atoms with Crippen molar-refractivity contribution in [3.63, 3.8) is 0 Å². The average Bonchev–Trinajstić information content (AvgIpc) is 2.86. The van der Waals surface area contributed by atoms with Gasteiger partial charge in [0.15, 0.2) is 0 Å². The molecule has 0 saturated carbocycles. The third-order valence-corrected chi connectivity index (χ3v) is 3.20. The Bertz CT molecular complexity index is 448. The third-order valence-electron chi connectivity index (χ3n) is 3.20. The zero-order chi connectivity index (χ0) is 12.1. The lowest BCUT2D eigenvalue weighted by Gasteiger charge is -2.14. The molecule has 0 aliphatic heterocycles. The van der Waals surface area contributed by atoms with E-state index in [2.05, 4.69) is 36.5 Å². The highest BCUT2D eigenvalue weighted by molar-refractivity contribution is 5.25. The maximum atomic E-state index is 5.44. The lowest BCUT2D eigenvalue weighted by atomic mass is 10.00. The van der Waals surface area contributed by atoms with Crippen LogP contribution in [0.5, 0.6) is 0 Å². The van der Waals surface area contributed by atoms with Crippen molar-refractivity contribution < 1.29 is 4.42 Å². The molecule has 0 saturated heterocycles. The first-order valence-corrected chi connectivity index (χ1v) is 6.06. The molecule has 1 unspecified atom stereocenters. The zero-order valence-corrected chi connectivity index (χ0v) is 10.4. The van der Waals surface area contributed by atoms with Crippen LogP contribution in [0.15, 0.2) is 47.1 Å². The molecule has 1 atom stereocenters. The van der Waals surface area contributed by atoms with Gasteiger partial charge in [-0.25, -0.2) is 0 Å². The van der Waals surface area contributed by atoms with Crippen LogP contribution < -0.4 is 5.32 Å². The van der Waals surface area contributed by atoms with Gasteiger partial charge in [0.2, 0.25) is 0 Å². The second kappa shape index (κ2) is 5.69. The molecule has 17 heavy (non-hydrogen) atoms. The average molecular weight is 229 g/mol. The first-order chi connectivity index (χ1) is 8.31. The van der Waals surface area contributed by atoms with Crippen molar-refractivity contribution in [3.05, 3.63) is 59.5 Å². The lowest BCUT2D eigenvalue weighted by molar-refractivity contribution is 0.414. The summed E-state index contributed by atoms with van der Waals surface area (Å²) in [5.41, 5.74) is 2.78. The SMILES string of the molecule is CNC(CCc1ccccc1C)c1ccco1. The van der Waals surface area contributed by atoms with Crippen molar-refractivity contribution in [2.24, 2.45) is 0 Å². The lowest BCUT2D eigenvalue weighted by Crippen LogP contribution is -2.16. The van der Waals surface area contributed by atoms with E-state index in [4.69, 9.17) is 4.42 Å². The van der Waals surface area contributed by atoms with Crippen LogP contribution in [-0.4, -0.2) is 7.05 Å². The smallest absolute Gasteiger partial charge is 0.120 e. The van der Waals surface area contributed by atoms with E-state index >= 15 is 0 Å². The van der Waals surface area contributed by atoms with Crippen LogP contribution in [0.3, 0.4) is 0 Å². The summed E-state index contributed by atoms with van der Waals surface area (Å²) >= 11 is 0. The van der Waals surface area contributed by atoms with Gasteiger partial charge in [0.25, 0.3) is 0 Å². The molecule has 0 bridgehead atoms.